The molecule has 0 bridgehead atoms. The molecule has 5 nitrogen and oxygen atoms in total. The number of quaternary nitrogens is 1. The van der Waals surface area contributed by atoms with E-state index in [-0.39, 0.29) is 18.2 Å². The Labute approximate surface area is 176 Å². The zero-order valence-corrected chi connectivity index (χ0v) is 16.7. The summed E-state index contributed by atoms with van der Waals surface area (Å²) < 4.78 is 38.9. The molecule has 2 fully saturated rings. The fraction of sp³-hybridized carbons (Fsp3) is 0.333. The van der Waals surface area contributed by atoms with E-state index >= 15 is 0 Å². The summed E-state index contributed by atoms with van der Waals surface area (Å²) >= 11 is 5.99. The molecule has 2 saturated heterocycles. The number of rotatable bonds is 3. The van der Waals surface area contributed by atoms with Crippen molar-refractivity contribution in [2.45, 2.75) is 18.6 Å². The quantitative estimate of drug-likeness (QED) is 0.749. The Bertz CT molecular complexity index is 974. The average molecular weight is 439 g/mol. The van der Waals surface area contributed by atoms with Gasteiger partial charge in [0, 0.05) is 10.7 Å². The van der Waals surface area contributed by atoms with Gasteiger partial charge < -0.3 is 9.80 Å². The molecule has 0 spiro atoms. The zero-order valence-electron chi connectivity index (χ0n) is 16.0. The van der Waals surface area contributed by atoms with Crippen LogP contribution < -0.4 is 14.7 Å². The first-order valence-electron chi connectivity index (χ1n) is 9.63. The van der Waals surface area contributed by atoms with Crippen LogP contribution in [-0.4, -0.2) is 44.0 Å². The molecule has 9 heteroatoms. The highest BCUT2D eigenvalue weighted by atomic mass is 35.5. The third kappa shape index (κ3) is 4.02. The van der Waals surface area contributed by atoms with Crippen molar-refractivity contribution in [1.29, 1.82) is 0 Å². The Morgan fingerprint density at radius 1 is 0.967 bits per heavy atom. The second-order valence-corrected chi connectivity index (χ2v) is 7.93. The van der Waals surface area contributed by atoms with Crippen LogP contribution in [0.4, 0.5) is 24.5 Å². The fourth-order valence-electron chi connectivity index (χ4n) is 4.12. The van der Waals surface area contributed by atoms with Crippen LogP contribution in [-0.2, 0) is 15.8 Å². The van der Waals surface area contributed by atoms with Crippen molar-refractivity contribution in [3.05, 3.63) is 59.1 Å². The number of benzene rings is 2. The predicted molar refractivity (Wildman–Crippen MR) is 107 cm³/mol. The van der Waals surface area contributed by atoms with Gasteiger partial charge in [0.1, 0.15) is 0 Å². The van der Waals surface area contributed by atoms with Crippen LogP contribution in [0.2, 0.25) is 5.02 Å². The molecule has 2 aromatic carbocycles. The minimum Gasteiger partial charge on any atom is -0.360 e. The van der Waals surface area contributed by atoms with Gasteiger partial charge in [0.15, 0.2) is 6.04 Å². The van der Waals surface area contributed by atoms with E-state index in [1.807, 2.05) is 4.90 Å². The van der Waals surface area contributed by atoms with Crippen molar-refractivity contribution in [3.63, 3.8) is 0 Å². The first-order valence-corrected chi connectivity index (χ1v) is 10.0. The van der Waals surface area contributed by atoms with Crippen molar-refractivity contribution in [2.75, 3.05) is 36.0 Å². The van der Waals surface area contributed by atoms with Crippen molar-refractivity contribution in [3.8, 4) is 0 Å². The van der Waals surface area contributed by atoms with Crippen molar-refractivity contribution in [2.24, 2.45) is 0 Å². The molecule has 2 aliphatic heterocycles. The number of hydrogen-bond acceptors (Lipinski definition) is 3. The van der Waals surface area contributed by atoms with Crippen LogP contribution >= 0.6 is 11.6 Å². The Hall–Kier alpha value is -2.58. The van der Waals surface area contributed by atoms with Crippen LogP contribution in [0.5, 0.6) is 0 Å². The topological polar surface area (TPSA) is 45.1 Å². The van der Waals surface area contributed by atoms with Crippen LogP contribution in [0, 0.1) is 0 Å². The van der Waals surface area contributed by atoms with Crippen molar-refractivity contribution in [1.82, 2.24) is 0 Å². The molecule has 2 aromatic rings. The van der Waals surface area contributed by atoms with Gasteiger partial charge in [0.05, 0.1) is 43.9 Å². The molecule has 1 atom stereocenters. The summed E-state index contributed by atoms with van der Waals surface area (Å²) in [6.45, 7) is 2.13. The molecule has 158 valence electrons. The Kier molecular flexibility index (Phi) is 5.46. The average Bonchev–Trinajstić information content (AvgIpc) is 3.01. The molecule has 1 unspecified atom stereocenters. The SMILES string of the molecule is O=C1CC([NH+]2CCN(c3cccc(C(F)(F)F)c3)CC2)C(=O)N1c1cccc(Cl)c1. The van der Waals surface area contributed by atoms with E-state index < -0.39 is 17.8 Å². The maximum atomic E-state index is 13.0. The fourth-order valence-corrected chi connectivity index (χ4v) is 4.30. The number of carbonyl (C=O) groups is 2. The molecule has 2 aliphatic rings. The third-order valence-electron chi connectivity index (χ3n) is 5.65. The number of carbonyl (C=O) groups excluding carboxylic acids is 2. The van der Waals surface area contributed by atoms with Gasteiger partial charge in [-0.3, -0.25) is 9.59 Å². The van der Waals surface area contributed by atoms with Gasteiger partial charge in [-0.25, -0.2) is 4.90 Å². The number of halogens is 4. The number of hydrogen-bond donors (Lipinski definition) is 1. The summed E-state index contributed by atoms with van der Waals surface area (Å²) in [5.41, 5.74) is 0.295. The summed E-state index contributed by atoms with van der Waals surface area (Å²) in [7, 11) is 0. The third-order valence-corrected chi connectivity index (χ3v) is 5.89. The number of piperazine rings is 1. The van der Waals surface area contributed by atoms with E-state index in [2.05, 4.69) is 0 Å². The summed E-state index contributed by atoms with van der Waals surface area (Å²) in [4.78, 5) is 29.5. The Morgan fingerprint density at radius 3 is 2.30 bits per heavy atom. The highest BCUT2D eigenvalue weighted by molar-refractivity contribution is 6.31. The van der Waals surface area contributed by atoms with Gasteiger partial charge in [-0.05, 0) is 36.4 Å². The molecule has 1 N–H and O–H groups in total. The summed E-state index contributed by atoms with van der Waals surface area (Å²) in [6, 6.07) is 11.4. The van der Waals surface area contributed by atoms with Crippen LogP contribution in [0.3, 0.4) is 0 Å². The lowest BCUT2D eigenvalue weighted by molar-refractivity contribution is -0.915. The number of amides is 2. The number of anilines is 2. The number of nitrogens with zero attached hydrogens (tertiary/aromatic N) is 2. The van der Waals surface area contributed by atoms with Gasteiger partial charge in [-0.2, -0.15) is 13.2 Å². The molecule has 0 aromatic heterocycles. The molecule has 2 amide bonds. The smallest absolute Gasteiger partial charge is 0.360 e. The van der Waals surface area contributed by atoms with Crippen LogP contribution in [0.25, 0.3) is 0 Å². The van der Waals surface area contributed by atoms with E-state index in [0.717, 1.165) is 17.0 Å². The molecule has 2 heterocycles. The minimum atomic E-state index is -4.39. The summed E-state index contributed by atoms with van der Waals surface area (Å²) in [5, 5.41) is 0.443. The van der Waals surface area contributed by atoms with E-state index in [4.69, 9.17) is 11.6 Å². The van der Waals surface area contributed by atoms with Crippen molar-refractivity contribution < 1.29 is 27.7 Å². The van der Waals surface area contributed by atoms with Gasteiger partial charge in [0.2, 0.25) is 5.91 Å². The molecule has 0 radical (unpaired) electrons. The highest BCUT2D eigenvalue weighted by Crippen LogP contribution is 2.31. The molecule has 0 saturated carbocycles. The maximum Gasteiger partial charge on any atom is 0.416 e. The summed E-state index contributed by atoms with van der Waals surface area (Å²) in [6.07, 6.45) is -4.27. The normalized spacial score (nSPS) is 20.9. The second-order valence-electron chi connectivity index (χ2n) is 7.50. The van der Waals surface area contributed by atoms with Crippen molar-refractivity contribution >= 4 is 34.8 Å². The molecule has 0 aliphatic carbocycles. The summed E-state index contributed by atoms with van der Waals surface area (Å²) in [5.74, 6) is -0.523. The molecular formula is C21H20ClF3N3O2+. The largest absolute Gasteiger partial charge is 0.416 e. The van der Waals surface area contributed by atoms with Crippen LogP contribution in [0.1, 0.15) is 12.0 Å². The number of alkyl halides is 3. The molecular weight excluding hydrogens is 419 g/mol. The molecule has 4 rings (SSSR count). The first kappa shape index (κ1) is 20.7. The Balaban J connectivity index is 1.44. The van der Waals surface area contributed by atoms with E-state index in [1.54, 1.807) is 30.3 Å². The number of nitrogens with one attached hydrogen (secondary N) is 1. The van der Waals surface area contributed by atoms with E-state index in [0.29, 0.717) is 42.6 Å². The number of imide groups is 1. The van der Waals surface area contributed by atoms with Gasteiger partial charge in [-0.15, -0.1) is 0 Å². The minimum absolute atomic E-state index is 0.115. The van der Waals surface area contributed by atoms with Gasteiger partial charge >= 0.3 is 6.18 Å². The van der Waals surface area contributed by atoms with Gasteiger partial charge in [-0.1, -0.05) is 23.7 Å². The standard InChI is InChI=1S/C21H19ClF3N3O2/c22-15-4-2-6-17(12-15)28-19(29)13-18(20(28)30)27-9-7-26(8-10-27)16-5-1-3-14(11-16)21(23,24)25/h1-6,11-12,18H,7-10,13H2/p+1. The molecule has 30 heavy (non-hydrogen) atoms. The lowest BCUT2D eigenvalue weighted by Gasteiger charge is -2.35. The van der Waals surface area contributed by atoms with Gasteiger partial charge in [0.25, 0.3) is 5.91 Å². The maximum absolute atomic E-state index is 13.0. The van der Waals surface area contributed by atoms with E-state index in [1.165, 1.54) is 11.0 Å². The Morgan fingerprint density at radius 2 is 1.63 bits per heavy atom. The highest BCUT2D eigenvalue weighted by Gasteiger charge is 2.46. The zero-order chi connectivity index (χ0) is 21.5. The lowest BCUT2D eigenvalue weighted by atomic mass is 10.1. The monoisotopic (exact) mass is 438 g/mol. The second kappa shape index (κ2) is 7.92. The lowest BCUT2D eigenvalue weighted by Crippen LogP contribution is -3.19. The van der Waals surface area contributed by atoms with E-state index in [9.17, 15) is 22.8 Å². The predicted octanol–water partition coefficient (Wildman–Crippen LogP) is 2.40. The van der Waals surface area contributed by atoms with Crippen LogP contribution in [0.15, 0.2) is 48.5 Å². The first-order chi connectivity index (χ1) is 14.2.